The highest BCUT2D eigenvalue weighted by Crippen LogP contribution is 2.32. The molecule has 0 aliphatic carbocycles. The van der Waals surface area contributed by atoms with Crippen LogP contribution in [0.4, 0.5) is 5.69 Å². The summed E-state index contributed by atoms with van der Waals surface area (Å²) >= 11 is 7.52. The van der Waals surface area contributed by atoms with Crippen molar-refractivity contribution in [2.24, 2.45) is 0 Å². The summed E-state index contributed by atoms with van der Waals surface area (Å²) in [5.74, 6) is 0.835. The number of nitrogens with zero attached hydrogens (tertiary/aromatic N) is 1. The first-order chi connectivity index (χ1) is 11.1. The molecule has 2 aromatic carbocycles. The molecule has 118 valence electrons. The molecular weight excluding hydrogens is 336 g/mol. The Morgan fingerprint density at radius 1 is 1.17 bits per heavy atom. The summed E-state index contributed by atoms with van der Waals surface area (Å²) in [5.41, 5.74) is 3.48. The molecule has 0 bridgehead atoms. The lowest BCUT2D eigenvalue weighted by Gasteiger charge is -2.10. The zero-order chi connectivity index (χ0) is 16.4. The highest BCUT2D eigenvalue weighted by Gasteiger charge is 2.13. The zero-order valence-electron chi connectivity index (χ0n) is 12.4. The van der Waals surface area contributed by atoms with Crippen molar-refractivity contribution >= 4 is 44.7 Å². The fourth-order valence-corrected chi connectivity index (χ4v) is 3.20. The Kier molecular flexibility index (Phi) is 4.36. The summed E-state index contributed by atoms with van der Waals surface area (Å²) in [7, 11) is 3.08. The third-order valence-electron chi connectivity index (χ3n) is 3.30. The number of fused-ring (bicyclic) bond motifs is 1. The van der Waals surface area contributed by atoms with Crippen molar-refractivity contribution < 1.29 is 14.3 Å². The first-order valence-corrected chi connectivity index (χ1v) is 7.94. The summed E-state index contributed by atoms with van der Waals surface area (Å²) in [6.07, 6.45) is 0. The molecular formula is C16H13ClN2O3S. The normalized spacial score (nSPS) is 10.6. The number of halogens is 1. The van der Waals surface area contributed by atoms with Crippen LogP contribution in [-0.4, -0.2) is 25.1 Å². The Hall–Kier alpha value is -2.31. The summed E-state index contributed by atoms with van der Waals surface area (Å²) < 4.78 is 11.2. The molecule has 5 nitrogen and oxygen atoms in total. The second-order valence-electron chi connectivity index (χ2n) is 4.68. The van der Waals surface area contributed by atoms with Crippen molar-refractivity contribution in [2.45, 2.75) is 0 Å². The number of hydrogen-bond donors (Lipinski definition) is 1. The van der Waals surface area contributed by atoms with Gasteiger partial charge < -0.3 is 14.8 Å². The van der Waals surface area contributed by atoms with Gasteiger partial charge in [0.2, 0.25) is 0 Å². The number of methoxy groups -OCH3 is 2. The minimum absolute atomic E-state index is 0.265. The predicted molar refractivity (Wildman–Crippen MR) is 92.1 cm³/mol. The van der Waals surface area contributed by atoms with Gasteiger partial charge in [-0.3, -0.25) is 4.79 Å². The molecule has 0 saturated carbocycles. The van der Waals surface area contributed by atoms with E-state index in [-0.39, 0.29) is 5.91 Å². The largest absolute Gasteiger partial charge is 0.497 e. The van der Waals surface area contributed by atoms with Crippen LogP contribution in [0.1, 0.15) is 10.4 Å². The Balaban J connectivity index is 1.95. The second kappa shape index (κ2) is 6.44. The molecule has 0 atom stereocenters. The maximum atomic E-state index is 12.5. The summed E-state index contributed by atoms with van der Waals surface area (Å²) in [6.45, 7) is 0. The lowest BCUT2D eigenvalue weighted by Crippen LogP contribution is -2.12. The van der Waals surface area contributed by atoms with Crippen LogP contribution < -0.4 is 14.8 Å². The lowest BCUT2D eigenvalue weighted by molar-refractivity contribution is 0.102. The van der Waals surface area contributed by atoms with E-state index in [9.17, 15) is 4.79 Å². The number of carbonyl (C=O) groups is 1. The fraction of sp³-hybridized carbons (Fsp3) is 0.125. The number of anilines is 1. The van der Waals surface area contributed by atoms with Gasteiger partial charge in [-0.15, -0.1) is 11.3 Å². The highest BCUT2D eigenvalue weighted by molar-refractivity contribution is 7.17. The predicted octanol–water partition coefficient (Wildman–Crippen LogP) is 4.22. The molecule has 0 radical (unpaired) electrons. The van der Waals surface area contributed by atoms with Crippen LogP contribution in [0.25, 0.3) is 10.2 Å². The Labute approximate surface area is 141 Å². The number of amides is 1. The van der Waals surface area contributed by atoms with E-state index in [4.69, 9.17) is 21.1 Å². The van der Waals surface area contributed by atoms with Crippen molar-refractivity contribution in [3.63, 3.8) is 0 Å². The van der Waals surface area contributed by atoms with E-state index < -0.39 is 0 Å². The van der Waals surface area contributed by atoms with E-state index in [1.54, 1.807) is 35.8 Å². The first-order valence-electron chi connectivity index (χ1n) is 6.68. The van der Waals surface area contributed by atoms with Crippen molar-refractivity contribution in [1.29, 1.82) is 0 Å². The first kappa shape index (κ1) is 15.6. The maximum Gasteiger partial charge on any atom is 0.255 e. The number of aromatic nitrogens is 1. The Morgan fingerprint density at radius 3 is 2.52 bits per heavy atom. The number of hydrogen-bond acceptors (Lipinski definition) is 5. The Morgan fingerprint density at radius 2 is 1.87 bits per heavy atom. The minimum Gasteiger partial charge on any atom is -0.497 e. The number of nitrogens with one attached hydrogen (secondary N) is 1. The number of rotatable bonds is 4. The standard InChI is InChI=1S/C16H13ClN2O3S/c1-21-10-5-9(6-11(7-10)22-2)16(20)19-13-4-3-12(17)14-15(13)23-8-18-14/h3-8H,1-2H3,(H,19,20). The Bertz CT molecular complexity index is 857. The van der Waals surface area contributed by atoms with Gasteiger partial charge in [-0.1, -0.05) is 11.6 Å². The topological polar surface area (TPSA) is 60.5 Å². The molecule has 0 aliphatic rings. The summed E-state index contributed by atoms with van der Waals surface area (Å²) in [4.78, 5) is 16.7. The van der Waals surface area contributed by atoms with Gasteiger partial charge in [-0.05, 0) is 24.3 Å². The van der Waals surface area contributed by atoms with Crippen LogP contribution in [-0.2, 0) is 0 Å². The summed E-state index contributed by atoms with van der Waals surface area (Å²) in [5, 5.41) is 3.44. The van der Waals surface area contributed by atoms with Crippen molar-refractivity contribution in [2.75, 3.05) is 19.5 Å². The van der Waals surface area contributed by atoms with Crippen LogP contribution >= 0.6 is 22.9 Å². The molecule has 3 rings (SSSR count). The molecule has 0 unspecified atom stereocenters. The molecule has 1 amide bonds. The zero-order valence-corrected chi connectivity index (χ0v) is 14.0. The van der Waals surface area contributed by atoms with Gasteiger partial charge >= 0.3 is 0 Å². The molecule has 1 N–H and O–H groups in total. The van der Waals surface area contributed by atoms with Crippen LogP contribution in [0.2, 0.25) is 5.02 Å². The van der Waals surface area contributed by atoms with Gasteiger partial charge in [0, 0.05) is 11.6 Å². The van der Waals surface area contributed by atoms with Gasteiger partial charge in [0.25, 0.3) is 5.91 Å². The number of ether oxygens (including phenoxy) is 2. The van der Waals surface area contributed by atoms with Gasteiger partial charge in [-0.25, -0.2) is 4.98 Å². The van der Waals surface area contributed by atoms with E-state index in [0.717, 1.165) is 4.70 Å². The monoisotopic (exact) mass is 348 g/mol. The van der Waals surface area contributed by atoms with Gasteiger partial charge in [-0.2, -0.15) is 0 Å². The van der Waals surface area contributed by atoms with Crippen LogP contribution in [0.5, 0.6) is 11.5 Å². The highest BCUT2D eigenvalue weighted by atomic mass is 35.5. The van der Waals surface area contributed by atoms with Crippen molar-refractivity contribution in [3.05, 3.63) is 46.4 Å². The van der Waals surface area contributed by atoms with E-state index in [1.807, 2.05) is 0 Å². The average Bonchev–Trinajstić information content (AvgIpc) is 3.07. The SMILES string of the molecule is COc1cc(OC)cc(C(=O)Nc2ccc(Cl)c3ncsc23)c1. The molecule has 0 saturated heterocycles. The third kappa shape index (κ3) is 3.09. The lowest BCUT2D eigenvalue weighted by atomic mass is 10.1. The van der Waals surface area contributed by atoms with E-state index in [2.05, 4.69) is 10.3 Å². The number of benzene rings is 2. The summed E-state index contributed by atoms with van der Waals surface area (Å²) in [6, 6.07) is 8.49. The quantitative estimate of drug-likeness (QED) is 0.766. The fourth-order valence-electron chi connectivity index (χ4n) is 2.15. The maximum absolute atomic E-state index is 12.5. The molecule has 0 spiro atoms. The van der Waals surface area contributed by atoms with Gasteiger partial charge in [0.15, 0.2) is 0 Å². The van der Waals surface area contributed by atoms with Crippen molar-refractivity contribution in [3.8, 4) is 11.5 Å². The van der Waals surface area contributed by atoms with E-state index in [0.29, 0.717) is 33.3 Å². The molecule has 0 aliphatic heterocycles. The van der Waals surface area contributed by atoms with Crippen LogP contribution in [0.3, 0.4) is 0 Å². The van der Waals surface area contributed by atoms with Crippen molar-refractivity contribution in [1.82, 2.24) is 4.98 Å². The smallest absolute Gasteiger partial charge is 0.255 e. The van der Waals surface area contributed by atoms with Crippen LogP contribution in [0.15, 0.2) is 35.8 Å². The van der Waals surface area contributed by atoms with Crippen LogP contribution in [0, 0.1) is 0 Å². The molecule has 23 heavy (non-hydrogen) atoms. The van der Waals surface area contributed by atoms with Gasteiger partial charge in [0.05, 0.1) is 35.1 Å². The molecule has 0 fully saturated rings. The molecule has 1 aromatic heterocycles. The molecule has 7 heteroatoms. The van der Waals surface area contributed by atoms with E-state index in [1.165, 1.54) is 25.6 Å². The third-order valence-corrected chi connectivity index (χ3v) is 4.46. The second-order valence-corrected chi connectivity index (χ2v) is 5.94. The van der Waals surface area contributed by atoms with Gasteiger partial charge in [0.1, 0.15) is 17.0 Å². The average molecular weight is 349 g/mol. The molecule has 3 aromatic rings. The minimum atomic E-state index is -0.265. The van der Waals surface area contributed by atoms with E-state index >= 15 is 0 Å². The molecule has 1 heterocycles. The number of thiazole rings is 1. The number of carbonyl (C=O) groups excluding carboxylic acids is 1.